The van der Waals surface area contributed by atoms with Gasteiger partial charge < -0.3 is 9.80 Å². The summed E-state index contributed by atoms with van der Waals surface area (Å²) in [6.45, 7) is 7.66. The van der Waals surface area contributed by atoms with Gasteiger partial charge in [-0.25, -0.2) is 0 Å². The molecule has 4 heteroatoms. The van der Waals surface area contributed by atoms with Crippen LogP contribution in [0.3, 0.4) is 0 Å². The topological polar surface area (TPSA) is 22.6 Å². The van der Waals surface area contributed by atoms with Gasteiger partial charge in [-0.2, -0.15) is 0 Å². The number of anilines is 1. The van der Waals surface area contributed by atoms with Crippen LogP contribution in [-0.2, 0) is 6.54 Å². The van der Waals surface area contributed by atoms with Crippen molar-refractivity contribution in [3.8, 4) is 0 Å². The van der Waals surface area contributed by atoms with E-state index < -0.39 is 0 Å². The van der Waals surface area contributed by atoms with E-state index in [2.05, 4.69) is 77.1 Å². The van der Waals surface area contributed by atoms with E-state index in [0.717, 1.165) is 32.7 Å². The Balaban J connectivity index is 1.57. The zero-order valence-corrected chi connectivity index (χ0v) is 15.0. The van der Waals surface area contributed by atoms with Crippen molar-refractivity contribution < 1.29 is 0 Å². The molecule has 3 rings (SSSR count). The molecule has 0 saturated carbocycles. The Bertz CT molecular complexity index is 616. The fourth-order valence-electron chi connectivity index (χ4n) is 3.40. The molecular formula is C20H28N4. The van der Waals surface area contributed by atoms with Gasteiger partial charge in [-0.1, -0.05) is 12.1 Å². The number of hydrogen-bond donors (Lipinski definition) is 0. The average Bonchev–Trinajstić information content (AvgIpc) is 2.62. The van der Waals surface area contributed by atoms with Crippen molar-refractivity contribution in [1.29, 1.82) is 0 Å². The van der Waals surface area contributed by atoms with Gasteiger partial charge in [-0.3, -0.25) is 9.88 Å². The molecule has 0 N–H and O–H groups in total. The number of benzene rings is 1. The highest BCUT2D eigenvalue weighted by atomic mass is 15.3. The Morgan fingerprint density at radius 3 is 2.17 bits per heavy atom. The van der Waals surface area contributed by atoms with Crippen LogP contribution in [-0.4, -0.2) is 55.1 Å². The average molecular weight is 324 g/mol. The van der Waals surface area contributed by atoms with Gasteiger partial charge >= 0.3 is 0 Å². The van der Waals surface area contributed by atoms with E-state index in [1.165, 1.54) is 16.8 Å². The summed E-state index contributed by atoms with van der Waals surface area (Å²) in [5.41, 5.74) is 4.06. The largest absolute Gasteiger partial charge is 0.369 e. The van der Waals surface area contributed by atoms with E-state index >= 15 is 0 Å². The second kappa shape index (κ2) is 7.77. The molecule has 0 aliphatic carbocycles. The minimum absolute atomic E-state index is 0.456. The highest BCUT2D eigenvalue weighted by Crippen LogP contribution is 2.23. The summed E-state index contributed by atoms with van der Waals surface area (Å²) in [6, 6.07) is 13.7. The van der Waals surface area contributed by atoms with E-state index in [1.54, 1.807) is 0 Å². The number of piperazine rings is 1. The molecule has 0 bridgehead atoms. The van der Waals surface area contributed by atoms with Crippen LogP contribution in [0.5, 0.6) is 0 Å². The first kappa shape index (κ1) is 16.9. The van der Waals surface area contributed by atoms with Gasteiger partial charge in [-0.05, 0) is 56.4 Å². The molecule has 24 heavy (non-hydrogen) atoms. The monoisotopic (exact) mass is 324 g/mol. The van der Waals surface area contributed by atoms with Gasteiger partial charge in [0.2, 0.25) is 0 Å². The summed E-state index contributed by atoms with van der Waals surface area (Å²) in [6.07, 6.45) is 3.77. The Labute approximate surface area is 145 Å². The first-order chi connectivity index (χ1) is 11.6. The molecular weight excluding hydrogens is 296 g/mol. The Morgan fingerprint density at radius 1 is 0.958 bits per heavy atom. The molecule has 1 aromatic heterocycles. The summed E-state index contributed by atoms with van der Waals surface area (Å²) in [5.74, 6) is 0. The van der Waals surface area contributed by atoms with Crippen LogP contribution in [0, 0.1) is 0 Å². The molecule has 0 amide bonds. The third-order valence-corrected chi connectivity index (χ3v) is 4.85. The third-order valence-electron chi connectivity index (χ3n) is 4.85. The Morgan fingerprint density at radius 2 is 1.58 bits per heavy atom. The highest BCUT2D eigenvalue weighted by molar-refractivity contribution is 5.48. The van der Waals surface area contributed by atoms with Crippen LogP contribution in [0.2, 0.25) is 0 Å². The van der Waals surface area contributed by atoms with Crippen molar-refractivity contribution >= 4 is 5.69 Å². The van der Waals surface area contributed by atoms with Crippen molar-refractivity contribution in [2.24, 2.45) is 0 Å². The third kappa shape index (κ3) is 4.13. The fourth-order valence-corrected chi connectivity index (χ4v) is 3.40. The molecule has 1 unspecified atom stereocenters. The van der Waals surface area contributed by atoms with Gasteiger partial charge in [0.1, 0.15) is 0 Å². The minimum Gasteiger partial charge on any atom is -0.369 e. The summed E-state index contributed by atoms with van der Waals surface area (Å²) in [4.78, 5) is 11.4. The zero-order valence-electron chi connectivity index (χ0n) is 15.0. The van der Waals surface area contributed by atoms with E-state index in [1.807, 2.05) is 12.4 Å². The van der Waals surface area contributed by atoms with Crippen molar-refractivity contribution in [1.82, 2.24) is 14.8 Å². The predicted molar refractivity (Wildman–Crippen MR) is 100 cm³/mol. The highest BCUT2D eigenvalue weighted by Gasteiger charge is 2.22. The number of nitrogens with zero attached hydrogens (tertiary/aromatic N) is 4. The predicted octanol–water partition coefficient (Wildman–Crippen LogP) is 3.03. The molecule has 0 radical (unpaired) electrons. The molecule has 1 aliphatic heterocycles. The molecule has 4 nitrogen and oxygen atoms in total. The van der Waals surface area contributed by atoms with E-state index in [-0.39, 0.29) is 0 Å². The second-order valence-corrected chi connectivity index (χ2v) is 6.88. The fraction of sp³-hybridized carbons (Fsp3) is 0.450. The lowest BCUT2D eigenvalue weighted by molar-refractivity contribution is 0.198. The van der Waals surface area contributed by atoms with Crippen LogP contribution in [0.25, 0.3) is 0 Å². The smallest absolute Gasteiger partial charge is 0.0367 e. The molecule has 1 fully saturated rings. The maximum absolute atomic E-state index is 4.12. The van der Waals surface area contributed by atoms with Gasteiger partial charge in [0, 0.05) is 56.8 Å². The lowest BCUT2D eigenvalue weighted by Crippen LogP contribution is -2.47. The number of pyridine rings is 1. The van der Waals surface area contributed by atoms with Crippen molar-refractivity contribution in [3.05, 3.63) is 59.9 Å². The molecule has 2 heterocycles. The lowest BCUT2D eigenvalue weighted by atomic mass is 10.1. The van der Waals surface area contributed by atoms with E-state index in [9.17, 15) is 0 Å². The first-order valence-electron chi connectivity index (χ1n) is 8.76. The number of rotatable bonds is 5. The van der Waals surface area contributed by atoms with Gasteiger partial charge in [0.05, 0.1) is 0 Å². The Hall–Kier alpha value is -1.91. The van der Waals surface area contributed by atoms with Gasteiger partial charge in [0.25, 0.3) is 0 Å². The Kier molecular flexibility index (Phi) is 5.48. The maximum atomic E-state index is 4.12. The molecule has 1 saturated heterocycles. The van der Waals surface area contributed by atoms with Crippen LogP contribution >= 0.6 is 0 Å². The molecule has 128 valence electrons. The van der Waals surface area contributed by atoms with Gasteiger partial charge in [-0.15, -0.1) is 0 Å². The second-order valence-electron chi connectivity index (χ2n) is 6.88. The normalized spacial score (nSPS) is 17.2. The standard InChI is InChI=1S/C20H28N4/c1-17(19-8-10-21-11-9-19)23-12-14-24(15-13-23)20-6-4-18(5-7-20)16-22(2)3/h4-11,17H,12-16H2,1-3H3. The molecule has 2 aromatic rings. The SMILES string of the molecule is CC(c1ccncc1)N1CCN(c2ccc(CN(C)C)cc2)CC1. The lowest BCUT2D eigenvalue weighted by Gasteiger charge is -2.39. The van der Waals surface area contributed by atoms with Crippen molar-refractivity contribution in [3.63, 3.8) is 0 Å². The van der Waals surface area contributed by atoms with E-state index in [4.69, 9.17) is 0 Å². The molecule has 1 aliphatic rings. The van der Waals surface area contributed by atoms with Crippen LogP contribution in [0.1, 0.15) is 24.1 Å². The molecule has 1 atom stereocenters. The summed E-state index contributed by atoms with van der Waals surface area (Å²) >= 11 is 0. The van der Waals surface area contributed by atoms with Crippen LogP contribution in [0.4, 0.5) is 5.69 Å². The van der Waals surface area contributed by atoms with Crippen molar-refractivity contribution in [2.75, 3.05) is 45.2 Å². The minimum atomic E-state index is 0.456. The number of aromatic nitrogens is 1. The summed E-state index contributed by atoms with van der Waals surface area (Å²) < 4.78 is 0. The van der Waals surface area contributed by atoms with Crippen LogP contribution in [0.15, 0.2) is 48.8 Å². The van der Waals surface area contributed by atoms with Crippen LogP contribution < -0.4 is 4.90 Å². The maximum Gasteiger partial charge on any atom is 0.0367 e. The zero-order chi connectivity index (χ0) is 16.9. The van der Waals surface area contributed by atoms with Crippen molar-refractivity contribution in [2.45, 2.75) is 19.5 Å². The quantitative estimate of drug-likeness (QED) is 0.843. The summed E-state index contributed by atoms with van der Waals surface area (Å²) in [5, 5.41) is 0. The first-order valence-corrected chi connectivity index (χ1v) is 8.76. The van der Waals surface area contributed by atoms with E-state index in [0.29, 0.717) is 6.04 Å². The molecule has 0 spiro atoms. The number of hydrogen-bond acceptors (Lipinski definition) is 4. The summed E-state index contributed by atoms with van der Waals surface area (Å²) in [7, 11) is 4.22. The molecule has 1 aromatic carbocycles. The van der Waals surface area contributed by atoms with Gasteiger partial charge in [0.15, 0.2) is 0 Å².